The van der Waals surface area contributed by atoms with E-state index < -0.39 is 0 Å². The highest BCUT2D eigenvalue weighted by Gasteiger charge is 2.20. The van der Waals surface area contributed by atoms with Gasteiger partial charge in [-0.05, 0) is 24.6 Å². The van der Waals surface area contributed by atoms with Gasteiger partial charge in [-0.2, -0.15) is 0 Å². The van der Waals surface area contributed by atoms with Gasteiger partial charge in [0.05, 0.1) is 12.2 Å². The molecule has 0 radical (unpaired) electrons. The van der Waals surface area contributed by atoms with Gasteiger partial charge in [-0.15, -0.1) is 0 Å². The summed E-state index contributed by atoms with van der Waals surface area (Å²) in [6.07, 6.45) is 0.451. The van der Waals surface area contributed by atoms with Crippen LogP contribution in [-0.2, 0) is 0 Å². The van der Waals surface area contributed by atoms with Gasteiger partial charge in [0.25, 0.3) is 0 Å². The van der Waals surface area contributed by atoms with E-state index in [2.05, 4.69) is 0 Å². The first-order chi connectivity index (χ1) is 6.18. The number of rotatable bonds is 0. The number of benzene rings is 1. The summed E-state index contributed by atoms with van der Waals surface area (Å²) >= 11 is 5.84. The summed E-state index contributed by atoms with van der Waals surface area (Å²) in [6.45, 7) is 2.37. The molecule has 0 saturated heterocycles. The molecule has 2 rings (SSSR count). The Kier molecular flexibility index (Phi) is 2.00. The van der Waals surface area contributed by atoms with Crippen LogP contribution in [0.15, 0.2) is 12.1 Å². The van der Waals surface area contributed by atoms with E-state index in [-0.39, 0.29) is 5.78 Å². The van der Waals surface area contributed by atoms with E-state index in [4.69, 9.17) is 16.3 Å². The van der Waals surface area contributed by atoms with Crippen molar-refractivity contribution >= 4 is 17.4 Å². The Balaban J connectivity index is 2.63. The zero-order chi connectivity index (χ0) is 9.42. The Labute approximate surface area is 81.5 Å². The molecular formula is C10H9ClO2. The van der Waals surface area contributed by atoms with E-state index in [1.54, 1.807) is 12.1 Å². The molecule has 1 aromatic carbocycles. The van der Waals surface area contributed by atoms with Crippen molar-refractivity contribution < 1.29 is 9.53 Å². The molecule has 0 fully saturated rings. The molecule has 0 spiro atoms. The van der Waals surface area contributed by atoms with E-state index in [9.17, 15) is 4.79 Å². The zero-order valence-electron chi connectivity index (χ0n) is 7.26. The van der Waals surface area contributed by atoms with Crippen molar-refractivity contribution in [3.8, 4) is 5.75 Å². The number of hydrogen-bond acceptors (Lipinski definition) is 2. The zero-order valence-corrected chi connectivity index (χ0v) is 8.02. The second-order valence-electron chi connectivity index (χ2n) is 3.12. The molecule has 1 aliphatic heterocycles. The molecule has 0 unspecified atom stereocenters. The standard InChI is InChI=1S/C10H9ClO2/c1-6-4-7(11)5-8-9(12)2-3-13-10(6)8/h4-5H,2-3H2,1H3. The number of carbonyl (C=O) groups excluding carboxylic acids is 1. The molecule has 0 aliphatic carbocycles. The fourth-order valence-electron chi connectivity index (χ4n) is 1.51. The lowest BCUT2D eigenvalue weighted by atomic mass is 10.0. The van der Waals surface area contributed by atoms with Crippen LogP contribution < -0.4 is 4.74 Å². The smallest absolute Gasteiger partial charge is 0.170 e. The van der Waals surface area contributed by atoms with E-state index >= 15 is 0 Å². The van der Waals surface area contributed by atoms with Crippen LogP contribution >= 0.6 is 11.6 Å². The van der Waals surface area contributed by atoms with Gasteiger partial charge in [-0.1, -0.05) is 11.6 Å². The van der Waals surface area contributed by atoms with E-state index in [0.717, 1.165) is 5.56 Å². The molecule has 3 heteroatoms. The summed E-state index contributed by atoms with van der Waals surface area (Å²) in [5.41, 5.74) is 1.55. The van der Waals surface area contributed by atoms with Crippen LogP contribution in [0.4, 0.5) is 0 Å². The number of fused-ring (bicyclic) bond motifs is 1. The first-order valence-corrected chi connectivity index (χ1v) is 4.52. The minimum absolute atomic E-state index is 0.117. The molecule has 0 N–H and O–H groups in total. The maximum Gasteiger partial charge on any atom is 0.170 e. The second kappa shape index (κ2) is 3.04. The number of aryl methyl sites for hydroxylation is 1. The lowest BCUT2D eigenvalue weighted by Crippen LogP contribution is -2.16. The van der Waals surface area contributed by atoms with Crippen molar-refractivity contribution in [1.82, 2.24) is 0 Å². The van der Waals surface area contributed by atoms with Crippen molar-refractivity contribution in [2.75, 3.05) is 6.61 Å². The van der Waals surface area contributed by atoms with Crippen LogP contribution in [0.3, 0.4) is 0 Å². The summed E-state index contributed by atoms with van der Waals surface area (Å²) in [7, 11) is 0. The van der Waals surface area contributed by atoms with Crippen molar-refractivity contribution in [3.63, 3.8) is 0 Å². The van der Waals surface area contributed by atoms with Gasteiger partial charge in [0.2, 0.25) is 0 Å². The van der Waals surface area contributed by atoms with Gasteiger partial charge in [-0.3, -0.25) is 4.79 Å². The average Bonchev–Trinajstić information content (AvgIpc) is 2.07. The van der Waals surface area contributed by atoms with Gasteiger partial charge < -0.3 is 4.74 Å². The number of halogens is 1. The Morgan fingerprint density at radius 3 is 3.00 bits per heavy atom. The van der Waals surface area contributed by atoms with E-state index in [1.165, 1.54) is 0 Å². The van der Waals surface area contributed by atoms with Gasteiger partial charge in [0.1, 0.15) is 5.75 Å². The molecule has 1 aromatic rings. The molecule has 13 heavy (non-hydrogen) atoms. The van der Waals surface area contributed by atoms with Crippen LogP contribution in [0.1, 0.15) is 22.3 Å². The second-order valence-corrected chi connectivity index (χ2v) is 3.56. The summed E-state index contributed by atoms with van der Waals surface area (Å²) in [4.78, 5) is 11.5. The van der Waals surface area contributed by atoms with Crippen molar-refractivity contribution in [2.24, 2.45) is 0 Å². The molecular weight excluding hydrogens is 188 g/mol. The molecule has 1 aliphatic rings. The van der Waals surface area contributed by atoms with Crippen LogP contribution in [0, 0.1) is 6.92 Å². The van der Waals surface area contributed by atoms with E-state index in [0.29, 0.717) is 29.4 Å². The molecule has 0 amide bonds. The Morgan fingerprint density at radius 2 is 2.23 bits per heavy atom. The monoisotopic (exact) mass is 196 g/mol. The first-order valence-electron chi connectivity index (χ1n) is 4.14. The summed E-state index contributed by atoms with van der Waals surface area (Å²) < 4.78 is 5.40. The summed E-state index contributed by atoms with van der Waals surface area (Å²) in [5.74, 6) is 0.813. The quantitative estimate of drug-likeness (QED) is 0.638. The topological polar surface area (TPSA) is 26.3 Å². The number of ketones is 1. The fourth-order valence-corrected chi connectivity index (χ4v) is 1.78. The number of hydrogen-bond donors (Lipinski definition) is 0. The van der Waals surface area contributed by atoms with Crippen molar-refractivity contribution in [1.29, 1.82) is 0 Å². The first kappa shape index (κ1) is 8.57. The molecule has 2 nitrogen and oxygen atoms in total. The van der Waals surface area contributed by atoms with Crippen LogP contribution in [-0.4, -0.2) is 12.4 Å². The minimum atomic E-state index is 0.117. The van der Waals surface area contributed by atoms with Gasteiger partial charge in [0, 0.05) is 11.4 Å². The predicted octanol–water partition coefficient (Wildman–Crippen LogP) is 2.61. The third-order valence-electron chi connectivity index (χ3n) is 2.12. The molecule has 0 aromatic heterocycles. The fraction of sp³-hybridized carbons (Fsp3) is 0.300. The lowest BCUT2D eigenvalue weighted by Gasteiger charge is -2.18. The van der Waals surface area contributed by atoms with Crippen molar-refractivity contribution in [3.05, 3.63) is 28.3 Å². The molecule has 68 valence electrons. The van der Waals surface area contributed by atoms with E-state index in [1.807, 2.05) is 6.92 Å². The molecule has 0 atom stereocenters. The highest BCUT2D eigenvalue weighted by atomic mass is 35.5. The number of Topliss-reactive ketones (excluding diaryl/α,β-unsaturated/α-hetero) is 1. The number of carbonyl (C=O) groups is 1. The van der Waals surface area contributed by atoms with Crippen LogP contribution in [0.5, 0.6) is 5.75 Å². The maximum absolute atomic E-state index is 11.5. The highest BCUT2D eigenvalue weighted by molar-refractivity contribution is 6.31. The summed E-state index contributed by atoms with van der Waals surface area (Å²) in [6, 6.07) is 3.48. The lowest BCUT2D eigenvalue weighted by molar-refractivity contribution is 0.0933. The average molecular weight is 197 g/mol. The third kappa shape index (κ3) is 1.42. The Morgan fingerprint density at radius 1 is 1.46 bits per heavy atom. The van der Waals surface area contributed by atoms with Gasteiger partial charge >= 0.3 is 0 Å². The largest absolute Gasteiger partial charge is 0.492 e. The third-order valence-corrected chi connectivity index (χ3v) is 2.33. The maximum atomic E-state index is 11.5. The summed E-state index contributed by atoms with van der Waals surface area (Å²) in [5, 5.41) is 0.593. The Hall–Kier alpha value is -1.02. The van der Waals surface area contributed by atoms with Crippen LogP contribution in [0.2, 0.25) is 5.02 Å². The van der Waals surface area contributed by atoms with Crippen molar-refractivity contribution in [2.45, 2.75) is 13.3 Å². The molecule has 0 saturated carbocycles. The minimum Gasteiger partial charge on any atom is -0.492 e. The normalized spacial score (nSPS) is 15.1. The van der Waals surface area contributed by atoms with Gasteiger partial charge in [0.15, 0.2) is 5.78 Å². The predicted molar refractivity (Wildman–Crippen MR) is 50.6 cm³/mol. The highest BCUT2D eigenvalue weighted by Crippen LogP contribution is 2.31. The SMILES string of the molecule is Cc1cc(Cl)cc2c1OCCC2=O. The van der Waals surface area contributed by atoms with Crippen LogP contribution in [0.25, 0.3) is 0 Å². The van der Waals surface area contributed by atoms with Gasteiger partial charge in [-0.25, -0.2) is 0 Å². The Bertz CT molecular complexity index is 371. The molecule has 0 bridgehead atoms. The number of ether oxygens (including phenoxy) is 1. The molecule has 1 heterocycles.